The molecule has 2 atom stereocenters. The van der Waals surface area contributed by atoms with Crippen LogP contribution in [0.3, 0.4) is 0 Å². The van der Waals surface area contributed by atoms with Crippen molar-refractivity contribution in [2.75, 3.05) is 53.0 Å². The van der Waals surface area contributed by atoms with Crippen LogP contribution >= 0.6 is 0 Å². The van der Waals surface area contributed by atoms with Crippen LogP contribution in [-0.4, -0.2) is 137 Å². The molecule has 0 bridgehead atoms. The highest BCUT2D eigenvalue weighted by Gasteiger charge is 2.27. The third-order valence-electron chi connectivity index (χ3n) is 13.8. The van der Waals surface area contributed by atoms with Gasteiger partial charge in [0.1, 0.15) is 24.1 Å². The number of amides is 13. The standard InChI is InChI=1S/C63H109N13O17/c1-8-10-11-20-27-37-66-57(83)72-61(87)74-59(85)68-39-29-22-15-18-25-33-53(79)90-43-49(65-7)42-89-52(78)32-24-17-13-12-14-21-28-38-67-58(84)73-62(88)75-60(86)69-40-30-23-16-19-26-34-54(80)92-45-50(44-91-51(77)31-9-2)76-93-55(81)35-36-63(6,46-64)70-41-48(5)56(82)71-47(3)4/h42,44,47-48,65,70,76H,8-41,43,45H2,1-7H3,(H,71,82)(H4,66,68,72,74,83,85,87)(H4,67,69,73,75,84,86,88)/p+1/b49-42+,50-44+. The van der Waals surface area contributed by atoms with Crippen LogP contribution in [0.2, 0.25) is 0 Å². The molecule has 0 aliphatic carbocycles. The van der Waals surface area contributed by atoms with Crippen molar-refractivity contribution in [1.82, 2.24) is 58.6 Å². The predicted molar refractivity (Wildman–Crippen MR) is 344 cm³/mol. The highest BCUT2D eigenvalue weighted by Crippen LogP contribution is 2.15. The second-order valence-corrected chi connectivity index (χ2v) is 23.0. The number of quaternary nitrogens is 1. The number of nitrogens with two attached hydrogens (primary N) is 1. The average molecular weight is 1320 g/mol. The first-order chi connectivity index (χ1) is 44.5. The van der Waals surface area contributed by atoms with Gasteiger partial charge in [0.25, 0.3) is 0 Å². The van der Waals surface area contributed by atoms with Gasteiger partial charge in [-0.3, -0.25) is 50.6 Å². The zero-order valence-electron chi connectivity index (χ0n) is 56.2. The van der Waals surface area contributed by atoms with Crippen molar-refractivity contribution in [2.24, 2.45) is 5.92 Å². The number of ether oxygens (including phenoxy) is 4. The maximum absolute atomic E-state index is 12.6. The maximum atomic E-state index is 12.6. The minimum absolute atomic E-state index is 0.0151. The van der Waals surface area contributed by atoms with Gasteiger partial charge in [0, 0.05) is 70.4 Å². The molecule has 30 heteroatoms. The minimum Gasteiger partial charge on any atom is -0.459 e. The number of unbranched alkanes of at least 4 members (excludes halogenated alkanes) is 18. The molecule has 528 valence electrons. The Bertz CT molecular complexity index is 2370. The van der Waals surface area contributed by atoms with Crippen molar-refractivity contribution < 1.29 is 86.6 Å². The zero-order valence-corrected chi connectivity index (χ0v) is 56.2. The summed E-state index contributed by atoms with van der Waals surface area (Å²) in [4.78, 5) is 151. The van der Waals surface area contributed by atoms with Crippen molar-refractivity contribution in [3.63, 3.8) is 0 Å². The summed E-state index contributed by atoms with van der Waals surface area (Å²) < 4.78 is 21.0. The van der Waals surface area contributed by atoms with E-state index in [-0.39, 0.29) is 87.8 Å². The number of esters is 4. The average Bonchev–Trinajstić information content (AvgIpc) is 3.41. The van der Waals surface area contributed by atoms with Crippen LogP contribution in [0.5, 0.6) is 0 Å². The van der Waals surface area contributed by atoms with Crippen LogP contribution in [0, 0.1) is 17.2 Å². The van der Waals surface area contributed by atoms with Gasteiger partial charge in [-0.25, -0.2) is 39.0 Å². The molecule has 0 aromatic heterocycles. The van der Waals surface area contributed by atoms with Crippen LogP contribution in [0.25, 0.3) is 0 Å². The fourth-order valence-corrected chi connectivity index (χ4v) is 8.26. The molecule has 0 rings (SSSR count). The highest BCUT2D eigenvalue weighted by atomic mass is 16.7. The summed E-state index contributed by atoms with van der Waals surface area (Å²) in [5, 5.41) is 35.8. The third kappa shape index (κ3) is 52.2. The number of rotatable bonds is 51. The molecule has 93 heavy (non-hydrogen) atoms. The molecule has 2 unspecified atom stereocenters. The first kappa shape index (κ1) is 84.9. The Labute approximate surface area is 548 Å². The quantitative estimate of drug-likeness (QED) is 0.00967. The van der Waals surface area contributed by atoms with Crippen LogP contribution in [0.1, 0.15) is 228 Å². The Hall–Kier alpha value is -8.07. The van der Waals surface area contributed by atoms with Gasteiger partial charge in [-0.2, -0.15) is 5.26 Å². The number of hydroxylamine groups is 1. The van der Waals surface area contributed by atoms with E-state index < -0.39 is 72.2 Å². The van der Waals surface area contributed by atoms with Crippen molar-refractivity contribution >= 4 is 71.9 Å². The summed E-state index contributed by atoms with van der Waals surface area (Å²) >= 11 is 0. The molecule has 0 aromatic rings. The molecule has 0 spiro atoms. The SMILES string of the molecule is CCCCCCCNC(=O)NC(=O)NC(=O)NCCCCCCCC(=O)OC/C(=C\OC(=O)CCCCCCCCCNC(=O)NC(=O)NC(=O)NCCCCCCCC(=O)OC/C(=C\OC(=O)CCC)NOC(=O)CCC(C)(C#N)NCC(C)C(=O)NC(C)C)[NH2+]C. The number of carbonyl (C=O) groups excluding carboxylic acids is 12. The van der Waals surface area contributed by atoms with E-state index >= 15 is 0 Å². The van der Waals surface area contributed by atoms with Gasteiger partial charge in [-0.1, -0.05) is 117 Å². The van der Waals surface area contributed by atoms with E-state index in [0.29, 0.717) is 83.1 Å². The summed E-state index contributed by atoms with van der Waals surface area (Å²) in [5.74, 6) is -3.18. The third-order valence-corrected chi connectivity index (χ3v) is 13.8. The smallest absolute Gasteiger partial charge is 0.332 e. The second-order valence-electron chi connectivity index (χ2n) is 23.0. The lowest BCUT2D eigenvalue weighted by atomic mass is 9.96. The van der Waals surface area contributed by atoms with E-state index in [1.807, 2.05) is 19.2 Å². The lowest BCUT2D eigenvalue weighted by molar-refractivity contribution is -0.580. The van der Waals surface area contributed by atoms with Gasteiger partial charge in [-0.15, -0.1) is 0 Å². The van der Waals surface area contributed by atoms with Gasteiger partial charge >= 0.3 is 66.0 Å². The second kappa shape index (κ2) is 55.6. The van der Waals surface area contributed by atoms with Gasteiger partial charge < -0.3 is 55.7 Å². The minimum atomic E-state index is -1.14. The summed E-state index contributed by atoms with van der Waals surface area (Å²) in [6.07, 6.45) is 21.2. The number of nitriles is 1. The van der Waals surface area contributed by atoms with Gasteiger partial charge in [0.05, 0.1) is 19.5 Å². The maximum Gasteiger partial charge on any atom is 0.332 e. The summed E-state index contributed by atoms with van der Waals surface area (Å²) in [7, 11) is 1.75. The van der Waals surface area contributed by atoms with Crippen molar-refractivity contribution in [3.8, 4) is 6.07 Å². The molecule has 13 amide bonds. The van der Waals surface area contributed by atoms with E-state index in [1.165, 1.54) is 6.26 Å². The number of urea groups is 6. The topological polar surface area (TPSA) is 424 Å². The molecule has 0 fully saturated rings. The first-order valence-electron chi connectivity index (χ1n) is 33.1. The zero-order chi connectivity index (χ0) is 69.3. The van der Waals surface area contributed by atoms with E-state index in [4.69, 9.17) is 23.8 Å². The Kier molecular flexibility index (Phi) is 50.7. The predicted octanol–water partition coefficient (Wildman–Crippen LogP) is 6.91. The Balaban J connectivity index is 4.11. The molecular weight excluding hydrogens is 1210 g/mol. The van der Waals surface area contributed by atoms with Gasteiger partial charge in [0.15, 0.2) is 18.6 Å². The highest BCUT2D eigenvalue weighted by molar-refractivity contribution is 6.01. The molecule has 0 saturated heterocycles. The van der Waals surface area contributed by atoms with Crippen molar-refractivity contribution in [3.05, 3.63) is 23.9 Å². The Morgan fingerprint density at radius 3 is 1.29 bits per heavy atom. The van der Waals surface area contributed by atoms with E-state index in [9.17, 15) is 62.8 Å². The number of nitrogens with zero attached hydrogens (tertiary/aromatic N) is 1. The largest absolute Gasteiger partial charge is 0.459 e. The Morgan fingerprint density at radius 2 is 0.871 bits per heavy atom. The molecule has 0 radical (unpaired) electrons. The fraction of sp³-hybridized carbons (Fsp3) is 0.730. The van der Waals surface area contributed by atoms with E-state index in [1.54, 1.807) is 33.1 Å². The number of carbonyl (C=O) groups is 12. The number of nitrogens with one attached hydrogen (secondary N) is 11. The number of imide groups is 4. The monoisotopic (exact) mass is 1320 g/mol. The van der Waals surface area contributed by atoms with Crippen molar-refractivity contribution in [1.29, 1.82) is 5.26 Å². The molecule has 0 heterocycles. The van der Waals surface area contributed by atoms with E-state index in [0.717, 1.165) is 96.2 Å². The number of hydrogen-bond acceptors (Lipinski definition) is 20. The summed E-state index contributed by atoms with van der Waals surface area (Å²) in [5.41, 5.74) is 1.77. The summed E-state index contributed by atoms with van der Waals surface area (Å²) in [6.45, 7) is 12.1. The van der Waals surface area contributed by atoms with Gasteiger partial charge in [0.2, 0.25) is 5.91 Å². The normalized spacial score (nSPS) is 12.1. The number of likely N-dealkylation sites (N-methyl/N-ethyl adjacent to an activating group) is 1. The van der Waals surface area contributed by atoms with Crippen LogP contribution in [0.4, 0.5) is 28.8 Å². The molecular formula is C63H110N13O17+. The summed E-state index contributed by atoms with van der Waals surface area (Å²) in [6, 6.07) is -2.69. The molecule has 0 aromatic carbocycles. The van der Waals surface area contributed by atoms with E-state index in [2.05, 4.69) is 66.3 Å². The first-order valence-corrected chi connectivity index (χ1v) is 33.1. The lowest BCUT2D eigenvalue weighted by Gasteiger charge is -2.25. The molecule has 0 saturated carbocycles. The molecule has 13 N–H and O–H groups in total. The van der Waals surface area contributed by atoms with Crippen molar-refractivity contribution in [2.45, 2.75) is 239 Å². The van der Waals surface area contributed by atoms with Gasteiger partial charge in [-0.05, 0) is 78.6 Å². The molecule has 0 aliphatic heterocycles. The molecule has 0 aliphatic rings. The van der Waals surface area contributed by atoms with Crippen LogP contribution in [-0.2, 0) is 52.6 Å². The number of hydrogen-bond donors (Lipinski definition) is 12. The molecule has 30 nitrogen and oxygen atoms in total. The fourth-order valence-electron chi connectivity index (χ4n) is 8.26. The lowest BCUT2D eigenvalue weighted by Crippen LogP contribution is -2.78. The van der Waals surface area contributed by atoms with Crippen LogP contribution in [0.15, 0.2) is 23.9 Å². The Morgan fingerprint density at radius 1 is 0.473 bits per heavy atom. The van der Waals surface area contributed by atoms with Crippen LogP contribution < -0.4 is 64.0 Å².